The van der Waals surface area contributed by atoms with E-state index in [1.54, 1.807) is 10.5 Å². The lowest BCUT2D eigenvalue weighted by Gasteiger charge is -1.92. The molecule has 0 unspecified atom stereocenters. The summed E-state index contributed by atoms with van der Waals surface area (Å²) in [7, 11) is 0. The summed E-state index contributed by atoms with van der Waals surface area (Å²) in [5.41, 5.74) is 1.93. The van der Waals surface area contributed by atoms with Gasteiger partial charge in [0.05, 0.1) is 16.8 Å². The van der Waals surface area contributed by atoms with Gasteiger partial charge in [-0.1, -0.05) is 0 Å². The molecule has 0 atom stereocenters. The van der Waals surface area contributed by atoms with E-state index in [0.717, 1.165) is 11.3 Å². The Morgan fingerprint density at radius 2 is 2.20 bits per heavy atom. The molecule has 76 valence electrons. The number of nitro groups is 1. The van der Waals surface area contributed by atoms with Crippen LogP contribution >= 0.6 is 0 Å². The Balaban J connectivity index is 2.13. The van der Waals surface area contributed by atoms with Crippen LogP contribution in [0.25, 0.3) is 5.65 Å². The molecule has 0 aliphatic heterocycles. The zero-order chi connectivity index (χ0) is 10.4. The molecule has 1 aliphatic carbocycles. The Morgan fingerprint density at radius 1 is 1.40 bits per heavy atom. The van der Waals surface area contributed by atoms with Crippen molar-refractivity contribution in [2.24, 2.45) is 0 Å². The Morgan fingerprint density at radius 3 is 2.87 bits per heavy atom. The van der Waals surface area contributed by atoms with Crippen molar-refractivity contribution in [3.05, 3.63) is 40.3 Å². The van der Waals surface area contributed by atoms with E-state index in [-0.39, 0.29) is 5.69 Å². The largest absolute Gasteiger partial charge is 0.300 e. The topological polar surface area (TPSA) is 60.4 Å². The SMILES string of the molecule is O=[N+]([O-])c1ccc2nc(C3CC3)cn2c1. The van der Waals surface area contributed by atoms with E-state index in [2.05, 4.69) is 4.98 Å². The minimum Gasteiger partial charge on any atom is -0.300 e. The van der Waals surface area contributed by atoms with E-state index in [1.807, 2.05) is 6.20 Å². The molecule has 1 fully saturated rings. The predicted molar refractivity (Wildman–Crippen MR) is 53.8 cm³/mol. The van der Waals surface area contributed by atoms with Crippen molar-refractivity contribution in [2.75, 3.05) is 0 Å². The van der Waals surface area contributed by atoms with Gasteiger partial charge in [0.1, 0.15) is 5.65 Å². The van der Waals surface area contributed by atoms with Crippen LogP contribution in [0.5, 0.6) is 0 Å². The maximum atomic E-state index is 10.6. The molecule has 2 aromatic heterocycles. The molecule has 0 aromatic carbocycles. The smallest absolute Gasteiger partial charge is 0.286 e. The average Bonchev–Trinajstić information content (AvgIpc) is 2.97. The zero-order valence-corrected chi connectivity index (χ0v) is 7.96. The van der Waals surface area contributed by atoms with Gasteiger partial charge in [-0.2, -0.15) is 0 Å². The van der Waals surface area contributed by atoms with Gasteiger partial charge in [0.15, 0.2) is 0 Å². The first-order valence-corrected chi connectivity index (χ1v) is 4.87. The average molecular weight is 203 g/mol. The third kappa shape index (κ3) is 1.36. The van der Waals surface area contributed by atoms with E-state index < -0.39 is 4.92 Å². The van der Waals surface area contributed by atoms with Crippen molar-refractivity contribution in [3.8, 4) is 0 Å². The summed E-state index contributed by atoms with van der Waals surface area (Å²) in [6.45, 7) is 0. The Labute approximate surface area is 85.5 Å². The number of nitrogens with zero attached hydrogens (tertiary/aromatic N) is 3. The van der Waals surface area contributed by atoms with E-state index in [9.17, 15) is 10.1 Å². The second-order valence-corrected chi connectivity index (χ2v) is 3.85. The Bertz CT molecular complexity index is 543. The molecule has 0 amide bonds. The molecular weight excluding hydrogens is 194 g/mol. The first-order chi connectivity index (χ1) is 7.24. The fourth-order valence-corrected chi connectivity index (χ4v) is 1.68. The fraction of sp³-hybridized carbons (Fsp3) is 0.300. The molecule has 15 heavy (non-hydrogen) atoms. The van der Waals surface area contributed by atoms with E-state index in [0.29, 0.717) is 5.92 Å². The zero-order valence-electron chi connectivity index (χ0n) is 7.96. The molecule has 3 rings (SSSR count). The minimum atomic E-state index is -0.393. The molecule has 5 heteroatoms. The van der Waals surface area contributed by atoms with E-state index in [1.165, 1.54) is 25.1 Å². The van der Waals surface area contributed by atoms with Crippen molar-refractivity contribution in [1.82, 2.24) is 9.38 Å². The predicted octanol–water partition coefficient (Wildman–Crippen LogP) is 2.12. The number of fused-ring (bicyclic) bond motifs is 1. The molecular formula is C10H9N3O2. The van der Waals surface area contributed by atoms with E-state index >= 15 is 0 Å². The molecule has 2 aromatic rings. The molecule has 0 spiro atoms. The van der Waals surface area contributed by atoms with Gasteiger partial charge in [-0.25, -0.2) is 4.98 Å². The third-order valence-electron chi connectivity index (χ3n) is 2.66. The fourth-order valence-electron chi connectivity index (χ4n) is 1.68. The highest BCUT2D eigenvalue weighted by atomic mass is 16.6. The summed E-state index contributed by atoms with van der Waals surface area (Å²) in [6, 6.07) is 3.17. The summed E-state index contributed by atoms with van der Waals surface area (Å²) in [6.07, 6.45) is 5.77. The van der Waals surface area contributed by atoms with Gasteiger partial charge in [-0.05, 0) is 18.9 Å². The van der Waals surface area contributed by atoms with Gasteiger partial charge in [-0.3, -0.25) is 14.5 Å². The number of pyridine rings is 1. The lowest BCUT2D eigenvalue weighted by molar-refractivity contribution is -0.385. The summed E-state index contributed by atoms with van der Waals surface area (Å²) >= 11 is 0. The quantitative estimate of drug-likeness (QED) is 0.554. The Kier molecular flexibility index (Phi) is 1.56. The second kappa shape index (κ2) is 2.79. The summed E-state index contributed by atoms with van der Waals surface area (Å²) in [5.74, 6) is 0.573. The van der Waals surface area contributed by atoms with Crippen LogP contribution in [0.4, 0.5) is 5.69 Å². The lowest BCUT2D eigenvalue weighted by atomic mass is 10.3. The van der Waals surface area contributed by atoms with Crippen molar-refractivity contribution >= 4 is 11.3 Å². The molecule has 1 saturated carbocycles. The van der Waals surface area contributed by atoms with Gasteiger partial charge in [0.25, 0.3) is 5.69 Å². The first kappa shape index (κ1) is 8.40. The third-order valence-corrected chi connectivity index (χ3v) is 2.66. The highest BCUT2D eigenvalue weighted by Gasteiger charge is 2.26. The first-order valence-electron chi connectivity index (χ1n) is 4.87. The van der Waals surface area contributed by atoms with E-state index in [4.69, 9.17) is 0 Å². The van der Waals surface area contributed by atoms with Crippen molar-refractivity contribution < 1.29 is 4.92 Å². The maximum Gasteiger partial charge on any atom is 0.286 e. The van der Waals surface area contributed by atoms with Gasteiger partial charge in [-0.15, -0.1) is 0 Å². The van der Waals surface area contributed by atoms with Crippen molar-refractivity contribution in [3.63, 3.8) is 0 Å². The van der Waals surface area contributed by atoms with Gasteiger partial charge < -0.3 is 0 Å². The van der Waals surface area contributed by atoms with Crippen LogP contribution in [-0.2, 0) is 0 Å². The minimum absolute atomic E-state index is 0.0993. The monoisotopic (exact) mass is 203 g/mol. The molecule has 0 N–H and O–H groups in total. The van der Waals surface area contributed by atoms with Crippen LogP contribution in [0.15, 0.2) is 24.5 Å². The van der Waals surface area contributed by atoms with Crippen LogP contribution in [0.2, 0.25) is 0 Å². The number of rotatable bonds is 2. The van der Waals surface area contributed by atoms with Crippen LogP contribution < -0.4 is 0 Å². The standard InChI is InChI=1S/C10H9N3O2/c14-13(15)8-3-4-10-11-9(7-1-2-7)6-12(10)5-8/h3-7H,1-2H2. The molecule has 5 nitrogen and oxygen atoms in total. The number of aromatic nitrogens is 2. The highest BCUT2D eigenvalue weighted by molar-refractivity contribution is 5.46. The second-order valence-electron chi connectivity index (χ2n) is 3.85. The Hall–Kier alpha value is -1.91. The van der Waals surface area contributed by atoms with Gasteiger partial charge in [0, 0.05) is 18.2 Å². The molecule has 0 radical (unpaired) electrons. The molecule has 0 saturated heterocycles. The van der Waals surface area contributed by atoms with Crippen molar-refractivity contribution in [2.45, 2.75) is 18.8 Å². The number of hydrogen-bond donors (Lipinski definition) is 0. The highest BCUT2D eigenvalue weighted by Crippen LogP contribution is 2.39. The lowest BCUT2D eigenvalue weighted by Crippen LogP contribution is -1.90. The van der Waals surface area contributed by atoms with Crippen molar-refractivity contribution in [1.29, 1.82) is 0 Å². The van der Waals surface area contributed by atoms with Crippen LogP contribution in [0.3, 0.4) is 0 Å². The number of hydrogen-bond acceptors (Lipinski definition) is 3. The maximum absolute atomic E-state index is 10.6. The summed E-state index contributed by atoms with van der Waals surface area (Å²) < 4.78 is 1.73. The van der Waals surface area contributed by atoms with Gasteiger partial charge in [0.2, 0.25) is 0 Å². The summed E-state index contributed by atoms with van der Waals surface area (Å²) in [5, 5.41) is 10.6. The number of imidazole rings is 1. The van der Waals surface area contributed by atoms with Crippen LogP contribution in [-0.4, -0.2) is 14.3 Å². The van der Waals surface area contributed by atoms with Crippen LogP contribution in [0, 0.1) is 10.1 Å². The van der Waals surface area contributed by atoms with Gasteiger partial charge >= 0.3 is 0 Å². The normalized spacial score (nSPS) is 15.7. The van der Waals surface area contributed by atoms with Crippen LogP contribution in [0.1, 0.15) is 24.5 Å². The molecule has 1 aliphatic rings. The molecule has 0 bridgehead atoms. The summed E-state index contributed by atoms with van der Waals surface area (Å²) in [4.78, 5) is 14.6. The molecule has 2 heterocycles.